The van der Waals surface area contributed by atoms with Crippen molar-refractivity contribution in [1.29, 1.82) is 0 Å². The number of para-hydroxylation sites is 1. The number of rotatable bonds is 5. The lowest BCUT2D eigenvalue weighted by Gasteiger charge is -2.13. The van der Waals surface area contributed by atoms with Gasteiger partial charge in [-0.15, -0.1) is 11.8 Å². The Bertz CT molecular complexity index is 840. The third-order valence-corrected chi connectivity index (χ3v) is 5.09. The molecule has 1 amide bonds. The van der Waals surface area contributed by atoms with E-state index >= 15 is 0 Å². The largest absolute Gasteiger partial charge is 0.325 e. The monoisotopic (exact) mass is 336 g/mol. The van der Waals surface area contributed by atoms with E-state index in [0.29, 0.717) is 0 Å². The molecule has 0 spiro atoms. The number of carbonyl (C=O) groups is 1. The Hall–Kier alpha value is -2.33. The Morgan fingerprint density at radius 1 is 1.12 bits per heavy atom. The SMILES string of the molecule is CCc1ccc(NC(=O)C(C)Sc2ccnc3ccccc23)cc1. The Morgan fingerprint density at radius 3 is 2.62 bits per heavy atom. The van der Waals surface area contributed by atoms with Gasteiger partial charge in [0.15, 0.2) is 0 Å². The van der Waals surface area contributed by atoms with E-state index < -0.39 is 0 Å². The van der Waals surface area contributed by atoms with Gasteiger partial charge in [0.05, 0.1) is 10.8 Å². The van der Waals surface area contributed by atoms with E-state index in [0.717, 1.165) is 27.9 Å². The highest BCUT2D eigenvalue weighted by atomic mass is 32.2. The predicted octanol–water partition coefficient (Wildman–Crippen LogP) is 4.92. The van der Waals surface area contributed by atoms with Gasteiger partial charge in [-0.2, -0.15) is 0 Å². The van der Waals surface area contributed by atoms with Crippen LogP contribution in [0.5, 0.6) is 0 Å². The van der Waals surface area contributed by atoms with Crippen molar-refractivity contribution in [2.24, 2.45) is 0 Å². The van der Waals surface area contributed by atoms with Crippen LogP contribution in [0.15, 0.2) is 65.7 Å². The van der Waals surface area contributed by atoms with E-state index in [4.69, 9.17) is 0 Å². The van der Waals surface area contributed by atoms with Crippen LogP contribution >= 0.6 is 11.8 Å². The summed E-state index contributed by atoms with van der Waals surface area (Å²) >= 11 is 1.56. The maximum atomic E-state index is 12.5. The highest BCUT2D eigenvalue weighted by Crippen LogP contribution is 2.30. The molecule has 0 aliphatic heterocycles. The third kappa shape index (κ3) is 3.77. The normalized spacial score (nSPS) is 12.1. The number of nitrogens with one attached hydrogen (secondary N) is 1. The van der Waals surface area contributed by atoms with Gasteiger partial charge >= 0.3 is 0 Å². The van der Waals surface area contributed by atoms with Crippen molar-refractivity contribution in [3.63, 3.8) is 0 Å². The van der Waals surface area contributed by atoms with Crippen LogP contribution in [0, 0.1) is 0 Å². The molecule has 1 N–H and O–H groups in total. The first kappa shape index (κ1) is 16.5. The molecule has 3 nitrogen and oxygen atoms in total. The number of amides is 1. The number of nitrogens with zero attached hydrogens (tertiary/aromatic N) is 1. The van der Waals surface area contributed by atoms with Crippen molar-refractivity contribution < 1.29 is 4.79 Å². The van der Waals surface area contributed by atoms with Gasteiger partial charge < -0.3 is 5.32 Å². The number of pyridine rings is 1. The van der Waals surface area contributed by atoms with Crippen molar-refractivity contribution in [3.8, 4) is 0 Å². The number of thioether (sulfide) groups is 1. The van der Waals surface area contributed by atoms with E-state index in [-0.39, 0.29) is 11.2 Å². The molecule has 3 aromatic rings. The second kappa shape index (κ2) is 7.49. The van der Waals surface area contributed by atoms with Crippen LogP contribution in [0.4, 0.5) is 5.69 Å². The molecular formula is C20H20N2OS. The predicted molar refractivity (Wildman–Crippen MR) is 102 cm³/mol. The van der Waals surface area contributed by atoms with Crippen molar-refractivity contribution in [3.05, 3.63) is 66.4 Å². The first-order chi connectivity index (χ1) is 11.7. The van der Waals surface area contributed by atoms with Crippen molar-refractivity contribution in [2.45, 2.75) is 30.4 Å². The van der Waals surface area contributed by atoms with Gasteiger partial charge in [0.25, 0.3) is 0 Å². The third-order valence-electron chi connectivity index (χ3n) is 3.91. The number of hydrogen-bond donors (Lipinski definition) is 1. The molecule has 0 saturated carbocycles. The molecule has 3 rings (SSSR count). The quantitative estimate of drug-likeness (QED) is 0.673. The number of fused-ring (bicyclic) bond motifs is 1. The summed E-state index contributed by atoms with van der Waals surface area (Å²) in [6.07, 6.45) is 2.79. The molecule has 0 fully saturated rings. The fourth-order valence-electron chi connectivity index (χ4n) is 2.48. The summed E-state index contributed by atoms with van der Waals surface area (Å²) in [5, 5.41) is 3.87. The fraction of sp³-hybridized carbons (Fsp3) is 0.200. The van der Waals surface area contributed by atoms with Gasteiger partial charge in [0.2, 0.25) is 5.91 Å². The highest BCUT2D eigenvalue weighted by Gasteiger charge is 2.16. The first-order valence-corrected chi connectivity index (χ1v) is 8.95. The highest BCUT2D eigenvalue weighted by molar-refractivity contribution is 8.00. The van der Waals surface area contributed by atoms with Gasteiger partial charge in [-0.25, -0.2) is 0 Å². The Kier molecular flexibility index (Phi) is 5.16. The van der Waals surface area contributed by atoms with Crippen LogP contribution < -0.4 is 5.32 Å². The lowest BCUT2D eigenvalue weighted by molar-refractivity contribution is -0.115. The summed E-state index contributed by atoms with van der Waals surface area (Å²) in [6, 6.07) is 18.0. The zero-order valence-electron chi connectivity index (χ0n) is 13.8. The zero-order valence-corrected chi connectivity index (χ0v) is 14.6. The Balaban J connectivity index is 1.71. The molecule has 1 atom stereocenters. The van der Waals surface area contributed by atoms with Crippen LogP contribution in [0.2, 0.25) is 0 Å². The number of aromatic nitrogens is 1. The average molecular weight is 336 g/mol. The first-order valence-electron chi connectivity index (χ1n) is 8.07. The van der Waals surface area contributed by atoms with Crippen LogP contribution in [0.1, 0.15) is 19.4 Å². The summed E-state index contributed by atoms with van der Waals surface area (Å²) in [6.45, 7) is 4.04. The van der Waals surface area contributed by atoms with Crippen molar-refractivity contribution in [1.82, 2.24) is 4.98 Å². The van der Waals surface area contributed by atoms with Crippen molar-refractivity contribution >= 4 is 34.3 Å². The molecule has 2 aromatic carbocycles. The summed E-state index contributed by atoms with van der Waals surface area (Å²) in [5.74, 6) is 0.00476. The summed E-state index contributed by atoms with van der Waals surface area (Å²) in [5.41, 5.74) is 3.05. The molecule has 0 radical (unpaired) electrons. The number of aryl methyl sites for hydroxylation is 1. The Labute approximate surface area is 146 Å². The van der Waals surface area contributed by atoms with Crippen LogP contribution in [-0.4, -0.2) is 16.1 Å². The van der Waals surface area contributed by atoms with Crippen molar-refractivity contribution in [2.75, 3.05) is 5.32 Å². The molecule has 1 heterocycles. The molecule has 1 unspecified atom stereocenters. The van der Waals surface area contributed by atoms with E-state index in [2.05, 4.69) is 17.2 Å². The smallest absolute Gasteiger partial charge is 0.237 e. The van der Waals surface area contributed by atoms with E-state index in [9.17, 15) is 4.79 Å². The maximum Gasteiger partial charge on any atom is 0.237 e. The van der Waals surface area contributed by atoms with Gasteiger partial charge in [-0.3, -0.25) is 9.78 Å². The molecule has 122 valence electrons. The maximum absolute atomic E-state index is 12.5. The molecular weight excluding hydrogens is 316 g/mol. The molecule has 0 aliphatic carbocycles. The van der Waals surface area contributed by atoms with E-state index in [1.807, 2.05) is 61.5 Å². The summed E-state index contributed by atoms with van der Waals surface area (Å²) in [4.78, 5) is 17.9. The lowest BCUT2D eigenvalue weighted by atomic mass is 10.1. The molecule has 1 aromatic heterocycles. The average Bonchev–Trinajstić information content (AvgIpc) is 2.62. The second-order valence-electron chi connectivity index (χ2n) is 5.63. The zero-order chi connectivity index (χ0) is 16.9. The Morgan fingerprint density at radius 2 is 1.88 bits per heavy atom. The molecule has 0 aliphatic rings. The summed E-state index contributed by atoms with van der Waals surface area (Å²) in [7, 11) is 0. The van der Waals surface area contributed by atoms with Gasteiger partial charge in [-0.05, 0) is 43.2 Å². The molecule has 4 heteroatoms. The lowest BCUT2D eigenvalue weighted by Crippen LogP contribution is -2.22. The number of hydrogen-bond acceptors (Lipinski definition) is 3. The second-order valence-corrected chi connectivity index (χ2v) is 7.01. The van der Waals surface area contributed by atoms with E-state index in [1.54, 1.807) is 18.0 Å². The minimum absolute atomic E-state index is 0.00476. The molecule has 24 heavy (non-hydrogen) atoms. The standard InChI is InChI=1S/C20H20N2OS/c1-3-15-8-10-16(11-9-15)22-20(23)14(2)24-19-12-13-21-18-7-5-4-6-17(18)19/h4-14H,3H2,1-2H3,(H,22,23). The molecule has 0 saturated heterocycles. The minimum Gasteiger partial charge on any atom is -0.325 e. The van der Waals surface area contributed by atoms with Crippen LogP contribution in [0.25, 0.3) is 10.9 Å². The van der Waals surface area contributed by atoms with Gasteiger partial charge in [-0.1, -0.05) is 37.3 Å². The van der Waals surface area contributed by atoms with Gasteiger partial charge in [0.1, 0.15) is 0 Å². The minimum atomic E-state index is -0.193. The van der Waals surface area contributed by atoms with Gasteiger partial charge in [0, 0.05) is 22.2 Å². The summed E-state index contributed by atoms with van der Waals surface area (Å²) < 4.78 is 0. The van der Waals surface area contributed by atoms with E-state index in [1.165, 1.54) is 5.56 Å². The molecule has 0 bridgehead atoms. The fourth-order valence-corrected chi connectivity index (χ4v) is 3.47. The number of carbonyl (C=O) groups excluding carboxylic acids is 1. The van der Waals surface area contributed by atoms with Crippen LogP contribution in [0.3, 0.4) is 0 Å². The number of benzene rings is 2. The number of anilines is 1. The van der Waals surface area contributed by atoms with Crippen LogP contribution in [-0.2, 0) is 11.2 Å². The topological polar surface area (TPSA) is 42.0 Å².